The number of carbonyl (C=O) groups excluding carboxylic acids is 1. The van der Waals surface area contributed by atoms with Crippen molar-refractivity contribution in [3.63, 3.8) is 0 Å². The van der Waals surface area contributed by atoms with Crippen LogP contribution in [0.25, 0.3) is 6.08 Å². The molecule has 0 aliphatic heterocycles. The van der Waals surface area contributed by atoms with Crippen LogP contribution < -0.4 is 5.32 Å². The van der Waals surface area contributed by atoms with Crippen LogP contribution in [0, 0.1) is 10.7 Å². The molecule has 0 saturated heterocycles. The molecule has 24 heavy (non-hydrogen) atoms. The highest BCUT2D eigenvalue weighted by atomic mass is 32.1. The lowest BCUT2D eigenvalue weighted by molar-refractivity contribution is -0.116. The minimum Gasteiger partial charge on any atom is -0.461 e. The fraction of sp³-hybridized carbons (Fsp3) is 0.471. The number of hydrogen-bond acceptors (Lipinski definition) is 4. The standard InChI is InChI=1S/C17H20N4O2S/c1-10-8-13(10)14-6-4-12(23-14)5-7-16(22)18-9-15-19-20-17(24)21(15)11-2-3-11/h4-7,10-11,13H,2-3,8-9H2,1H3,(H,18,22)(H,20,24). The maximum atomic E-state index is 12.0. The molecule has 0 bridgehead atoms. The summed E-state index contributed by atoms with van der Waals surface area (Å²) in [5, 5.41) is 9.82. The molecule has 2 fully saturated rings. The summed E-state index contributed by atoms with van der Waals surface area (Å²) in [5.74, 6) is 3.57. The summed E-state index contributed by atoms with van der Waals surface area (Å²) < 4.78 is 8.37. The zero-order chi connectivity index (χ0) is 16.7. The van der Waals surface area contributed by atoms with Gasteiger partial charge in [-0.2, -0.15) is 5.10 Å². The minimum atomic E-state index is -0.177. The Balaban J connectivity index is 1.33. The number of nitrogens with zero attached hydrogens (tertiary/aromatic N) is 2. The van der Waals surface area contributed by atoms with E-state index in [0.29, 0.717) is 35.0 Å². The van der Waals surface area contributed by atoms with Gasteiger partial charge in [0.15, 0.2) is 10.6 Å². The third kappa shape index (κ3) is 3.21. The molecule has 2 unspecified atom stereocenters. The molecule has 2 aromatic heterocycles. The molecule has 0 aromatic carbocycles. The normalized spacial score (nSPS) is 22.9. The number of rotatable bonds is 6. The van der Waals surface area contributed by atoms with Crippen molar-refractivity contribution in [2.24, 2.45) is 5.92 Å². The number of H-pyrrole nitrogens is 1. The average molecular weight is 344 g/mol. The highest BCUT2D eigenvalue weighted by Crippen LogP contribution is 2.47. The molecule has 4 rings (SSSR count). The summed E-state index contributed by atoms with van der Waals surface area (Å²) in [6.07, 6.45) is 6.61. The van der Waals surface area contributed by atoms with Crippen molar-refractivity contribution in [2.75, 3.05) is 0 Å². The van der Waals surface area contributed by atoms with E-state index in [1.54, 1.807) is 6.08 Å². The first kappa shape index (κ1) is 15.4. The van der Waals surface area contributed by atoms with Gasteiger partial charge in [0.1, 0.15) is 11.5 Å². The van der Waals surface area contributed by atoms with Gasteiger partial charge in [-0.25, -0.2) is 0 Å². The van der Waals surface area contributed by atoms with Crippen LogP contribution >= 0.6 is 12.2 Å². The van der Waals surface area contributed by atoms with Gasteiger partial charge in [0.05, 0.1) is 6.54 Å². The van der Waals surface area contributed by atoms with Gasteiger partial charge >= 0.3 is 0 Å². The molecule has 2 saturated carbocycles. The first-order valence-electron chi connectivity index (χ1n) is 8.33. The fourth-order valence-electron chi connectivity index (χ4n) is 2.93. The predicted octanol–water partition coefficient (Wildman–Crippen LogP) is 3.32. The van der Waals surface area contributed by atoms with Crippen molar-refractivity contribution in [3.8, 4) is 0 Å². The van der Waals surface area contributed by atoms with E-state index >= 15 is 0 Å². The molecule has 6 nitrogen and oxygen atoms in total. The maximum Gasteiger partial charge on any atom is 0.244 e. The SMILES string of the molecule is CC1CC1c1ccc(C=CC(=O)NCc2n[nH]c(=S)n2C2CC2)o1. The Labute approximate surface area is 144 Å². The van der Waals surface area contributed by atoms with Gasteiger partial charge < -0.3 is 9.73 Å². The van der Waals surface area contributed by atoms with Gasteiger partial charge in [-0.3, -0.25) is 14.5 Å². The molecule has 2 N–H and O–H groups in total. The zero-order valence-corrected chi connectivity index (χ0v) is 14.3. The second-order valence-electron chi connectivity index (χ2n) is 6.66. The molecule has 0 radical (unpaired) electrons. The van der Waals surface area contributed by atoms with Crippen molar-refractivity contribution >= 4 is 24.2 Å². The van der Waals surface area contributed by atoms with Gasteiger partial charge in [-0.05, 0) is 55.6 Å². The number of nitrogens with one attached hydrogen (secondary N) is 2. The van der Waals surface area contributed by atoms with Crippen LogP contribution in [0.3, 0.4) is 0 Å². The Bertz CT molecular complexity index is 843. The van der Waals surface area contributed by atoms with E-state index in [4.69, 9.17) is 16.6 Å². The Morgan fingerprint density at radius 2 is 2.33 bits per heavy atom. The topological polar surface area (TPSA) is 75.8 Å². The van der Waals surface area contributed by atoms with Crippen molar-refractivity contribution < 1.29 is 9.21 Å². The van der Waals surface area contributed by atoms with Crippen molar-refractivity contribution in [1.29, 1.82) is 0 Å². The van der Waals surface area contributed by atoms with Crippen molar-refractivity contribution in [2.45, 2.75) is 44.7 Å². The highest BCUT2D eigenvalue weighted by molar-refractivity contribution is 7.71. The summed E-state index contributed by atoms with van der Waals surface area (Å²) in [6, 6.07) is 4.34. The lowest BCUT2D eigenvalue weighted by atomic mass is 10.3. The van der Waals surface area contributed by atoms with Gasteiger partial charge in [0.25, 0.3) is 0 Å². The van der Waals surface area contributed by atoms with E-state index in [0.717, 1.165) is 24.4 Å². The molecule has 2 heterocycles. The van der Waals surface area contributed by atoms with Crippen LogP contribution in [0.15, 0.2) is 22.6 Å². The molecule has 2 aliphatic rings. The Kier molecular flexibility index (Phi) is 3.88. The van der Waals surface area contributed by atoms with Crippen molar-refractivity contribution in [1.82, 2.24) is 20.1 Å². The lowest BCUT2D eigenvalue weighted by Crippen LogP contribution is -2.22. The van der Waals surface area contributed by atoms with Gasteiger partial charge in [-0.1, -0.05) is 6.92 Å². The average Bonchev–Trinajstić information content (AvgIpc) is 3.45. The van der Waals surface area contributed by atoms with E-state index < -0.39 is 0 Å². The fourth-order valence-corrected chi connectivity index (χ4v) is 3.23. The number of carbonyl (C=O) groups is 1. The first-order valence-corrected chi connectivity index (χ1v) is 8.74. The van der Waals surface area contributed by atoms with E-state index in [2.05, 4.69) is 22.4 Å². The number of aromatic amines is 1. The van der Waals surface area contributed by atoms with Gasteiger partial charge in [0.2, 0.25) is 5.91 Å². The highest BCUT2D eigenvalue weighted by Gasteiger charge is 2.36. The third-order valence-corrected chi connectivity index (χ3v) is 4.92. The zero-order valence-electron chi connectivity index (χ0n) is 13.5. The maximum absolute atomic E-state index is 12.0. The summed E-state index contributed by atoms with van der Waals surface area (Å²) in [6.45, 7) is 2.57. The number of hydrogen-bond donors (Lipinski definition) is 2. The van der Waals surface area contributed by atoms with Crippen LogP contribution in [0.2, 0.25) is 0 Å². The second kappa shape index (κ2) is 6.05. The Morgan fingerprint density at radius 1 is 1.54 bits per heavy atom. The second-order valence-corrected chi connectivity index (χ2v) is 7.04. The molecule has 126 valence electrons. The van der Waals surface area contributed by atoms with Crippen molar-refractivity contribution in [3.05, 3.63) is 40.3 Å². The molecular formula is C17H20N4O2S. The minimum absolute atomic E-state index is 0.177. The summed E-state index contributed by atoms with van der Waals surface area (Å²) in [7, 11) is 0. The number of furan rings is 1. The van der Waals surface area contributed by atoms with Crippen LogP contribution in [-0.2, 0) is 11.3 Å². The van der Waals surface area contributed by atoms with E-state index in [9.17, 15) is 4.79 Å². The van der Waals surface area contributed by atoms with Crippen LogP contribution in [-0.4, -0.2) is 20.7 Å². The lowest BCUT2D eigenvalue weighted by Gasteiger charge is -2.04. The molecule has 2 atom stereocenters. The van der Waals surface area contributed by atoms with Gasteiger partial charge in [-0.15, -0.1) is 0 Å². The number of amides is 1. The summed E-state index contributed by atoms with van der Waals surface area (Å²) >= 11 is 5.23. The molecule has 7 heteroatoms. The van der Waals surface area contributed by atoms with Gasteiger partial charge in [0, 0.05) is 18.0 Å². The van der Waals surface area contributed by atoms with E-state index in [1.807, 2.05) is 16.7 Å². The van der Waals surface area contributed by atoms with Crippen LogP contribution in [0.4, 0.5) is 0 Å². The smallest absolute Gasteiger partial charge is 0.244 e. The number of aromatic nitrogens is 3. The molecular weight excluding hydrogens is 324 g/mol. The predicted molar refractivity (Wildman–Crippen MR) is 91.8 cm³/mol. The summed E-state index contributed by atoms with van der Waals surface area (Å²) in [5.41, 5.74) is 0. The van der Waals surface area contributed by atoms with Crippen LogP contribution in [0.5, 0.6) is 0 Å². The quantitative estimate of drug-likeness (QED) is 0.622. The summed E-state index contributed by atoms with van der Waals surface area (Å²) in [4.78, 5) is 12.0. The largest absolute Gasteiger partial charge is 0.461 e. The Hall–Kier alpha value is -2.15. The molecule has 2 aliphatic carbocycles. The molecule has 0 spiro atoms. The monoisotopic (exact) mass is 344 g/mol. The van der Waals surface area contributed by atoms with E-state index in [1.165, 1.54) is 12.5 Å². The Morgan fingerprint density at radius 3 is 3.04 bits per heavy atom. The molecule has 1 amide bonds. The van der Waals surface area contributed by atoms with Crippen LogP contribution in [0.1, 0.15) is 55.5 Å². The molecule has 2 aromatic rings. The first-order chi connectivity index (χ1) is 11.6. The van der Waals surface area contributed by atoms with E-state index in [-0.39, 0.29) is 5.91 Å². The third-order valence-electron chi connectivity index (χ3n) is 4.63.